The van der Waals surface area contributed by atoms with Crippen LogP contribution in [-0.4, -0.2) is 25.5 Å². The smallest absolute Gasteiger partial charge is 0.332 e. The topological polar surface area (TPSA) is 110 Å². The van der Waals surface area contributed by atoms with Crippen LogP contribution in [0.3, 0.4) is 0 Å². The molecule has 0 atom stereocenters. The van der Waals surface area contributed by atoms with Gasteiger partial charge in [-0.3, -0.25) is 0 Å². The number of carbonyl (C=O) groups is 1. The Bertz CT molecular complexity index is 554. The maximum absolute atomic E-state index is 10.5. The highest BCUT2D eigenvalue weighted by Gasteiger charge is 2.11. The summed E-state index contributed by atoms with van der Waals surface area (Å²) in [7, 11) is 0. The van der Waals surface area contributed by atoms with E-state index in [0.29, 0.717) is 28.1 Å². The first-order chi connectivity index (χ1) is 9.58. The molecule has 0 fully saturated rings. The minimum Gasteiger partial charge on any atom is -0.490 e. The Morgan fingerprint density at radius 3 is 2.95 bits per heavy atom. The standard InChI is InChI=1S/C12H13BrN4O3/c1-2-19-10-6-8(7-16-17-12(15)18)5-9(13)11(10)20-4-3-14/h5-7H,2,4H2,1H3,(H3,15,17,18)/b16-7-. The van der Waals surface area contributed by atoms with E-state index in [1.54, 1.807) is 12.1 Å². The number of hydrogen-bond acceptors (Lipinski definition) is 5. The Kier molecular flexibility index (Phi) is 6.32. The molecule has 8 heteroatoms. The molecule has 0 saturated heterocycles. The molecule has 1 aromatic carbocycles. The lowest BCUT2D eigenvalue weighted by molar-refractivity contribution is 0.249. The molecule has 1 rings (SSSR count). The highest BCUT2D eigenvalue weighted by Crippen LogP contribution is 2.36. The number of carbonyl (C=O) groups excluding carboxylic acids is 1. The summed E-state index contributed by atoms with van der Waals surface area (Å²) in [5.74, 6) is 0.908. The molecule has 0 spiro atoms. The van der Waals surface area contributed by atoms with Gasteiger partial charge in [-0.25, -0.2) is 10.2 Å². The lowest BCUT2D eigenvalue weighted by Crippen LogP contribution is -2.24. The zero-order valence-electron chi connectivity index (χ0n) is 10.7. The molecule has 7 nitrogen and oxygen atoms in total. The lowest BCUT2D eigenvalue weighted by Gasteiger charge is -2.12. The fraction of sp³-hybridized carbons (Fsp3) is 0.250. The van der Waals surface area contributed by atoms with Crippen molar-refractivity contribution >= 4 is 28.2 Å². The minimum atomic E-state index is -0.751. The summed E-state index contributed by atoms with van der Waals surface area (Å²) in [6.07, 6.45) is 1.41. The van der Waals surface area contributed by atoms with Crippen LogP contribution >= 0.6 is 15.9 Å². The van der Waals surface area contributed by atoms with Crippen LogP contribution in [0.4, 0.5) is 4.79 Å². The van der Waals surface area contributed by atoms with Gasteiger partial charge in [-0.1, -0.05) is 0 Å². The van der Waals surface area contributed by atoms with E-state index >= 15 is 0 Å². The van der Waals surface area contributed by atoms with Gasteiger partial charge < -0.3 is 15.2 Å². The first-order valence-corrected chi connectivity index (χ1v) is 6.42. The first kappa shape index (κ1) is 15.8. The van der Waals surface area contributed by atoms with Crippen LogP contribution in [0.2, 0.25) is 0 Å². The zero-order chi connectivity index (χ0) is 15.0. The molecule has 0 bridgehead atoms. The van der Waals surface area contributed by atoms with Crippen LogP contribution in [0.5, 0.6) is 11.5 Å². The van der Waals surface area contributed by atoms with Crippen LogP contribution < -0.4 is 20.6 Å². The maximum atomic E-state index is 10.5. The fourth-order valence-electron chi connectivity index (χ4n) is 1.34. The van der Waals surface area contributed by atoms with E-state index in [9.17, 15) is 4.79 Å². The molecule has 0 aliphatic heterocycles. The number of ether oxygens (including phenoxy) is 2. The molecule has 0 unspecified atom stereocenters. The number of amides is 2. The number of nitrogens with zero attached hydrogens (tertiary/aromatic N) is 2. The van der Waals surface area contributed by atoms with Crippen LogP contribution in [0.25, 0.3) is 0 Å². The predicted octanol–water partition coefficient (Wildman–Crippen LogP) is 1.75. The van der Waals surface area contributed by atoms with Crippen molar-refractivity contribution in [1.82, 2.24) is 5.43 Å². The van der Waals surface area contributed by atoms with Crippen molar-refractivity contribution in [2.75, 3.05) is 13.2 Å². The number of hydrazone groups is 1. The number of primary amides is 1. The molecular formula is C12H13BrN4O3. The van der Waals surface area contributed by atoms with Gasteiger partial charge in [0.1, 0.15) is 6.07 Å². The molecule has 0 aliphatic carbocycles. The van der Waals surface area contributed by atoms with Crippen LogP contribution in [-0.2, 0) is 0 Å². The Morgan fingerprint density at radius 2 is 2.35 bits per heavy atom. The third-order valence-electron chi connectivity index (χ3n) is 2.00. The minimum absolute atomic E-state index is 0.0880. The molecule has 0 radical (unpaired) electrons. The normalized spacial score (nSPS) is 10.1. The third-order valence-corrected chi connectivity index (χ3v) is 2.59. The quantitative estimate of drug-likeness (QED) is 0.607. The second kappa shape index (κ2) is 8.01. The second-order valence-corrected chi connectivity index (χ2v) is 4.30. The number of nitrogens with one attached hydrogen (secondary N) is 1. The van der Waals surface area contributed by atoms with E-state index in [2.05, 4.69) is 26.5 Å². The van der Waals surface area contributed by atoms with E-state index in [0.717, 1.165) is 0 Å². The number of halogens is 1. The van der Waals surface area contributed by atoms with Crippen molar-refractivity contribution in [2.24, 2.45) is 10.8 Å². The average Bonchev–Trinajstić information content (AvgIpc) is 2.38. The van der Waals surface area contributed by atoms with E-state index in [1.165, 1.54) is 6.21 Å². The highest BCUT2D eigenvalue weighted by atomic mass is 79.9. The van der Waals surface area contributed by atoms with Gasteiger partial charge in [0.2, 0.25) is 0 Å². The summed E-state index contributed by atoms with van der Waals surface area (Å²) >= 11 is 3.33. The monoisotopic (exact) mass is 340 g/mol. The average molecular weight is 341 g/mol. The Hall–Kier alpha value is -2.27. The van der Waals surface area contributed by atoms with Gasteiger partial charge in [-0.2, -0.15) is 10.4 Å². The maximum Gasteiger partial charge on any atom is 0.332 e. The van der Waals surface area contributed by atoms with Gasteiger partial charge >= 0.3 is 6.03 Å². The van der Waals surface area contributed by atoms with Crippen LogP contribution in [0.15, 0.2) is 21.7 Å². The number of benzene rings is 1. The van der Waals surface area contributed by atoms with E-state index in [-0.39, 0.29) is 6.61 Å². The predicted molar refractivity (Wildman–Crippen MR) is 76.7 cm³/mol. The molecule has 0 heterocycles. The van der Waals surface area contributed by atoms with Crippen molar-refractivity contribution in [3.05, 3.63) is 22.2 Å². The zero-order valence-corrected chi connectivity index (χ0v) is 12.3. The molecule has 3 N–H and O–H groups in total. The van der Waals surface area contributed by atoms with Gasteiger partial charge in [-0.15, -0.1) is 0 Å². The molecule has 1 aromatic rings. The summed E-state index contributed by atoms with van der Waals surface area (Å²) in [6.45, 7) is 2.18. The van der Waals surface area contributed by atoms with E-state index < -0.39 is 6.03 Å². The SMILES string of the molecule is CCOc1cc(/C=N\NC(N)=O)cc(Br)c1OCC#N. The molecule has 106 valence electrons. The van der Waals surface area contributed by atoms with Crippen molar-refractivity contribution in [3.8, 4) is 17.6 Å². The number of hydrogen-bond donors (Lipinski definition) is 2. The van der Waals surface area contributed by atoms with Gasteiger partial charge in [0, 0.05) is 0 Å². The molecule has 0 aliphatic rings. The summed E-state index contributed by atoms with van der Waals surface area (Å²) in [4.78, 5) is 10.5. The number of urea groups is 1. The fourth-order valence-corrected chi connectivity index (χ4v) is 1.91. The summed E-state index contributed by atoms with van der Waals surface area (Å²) < 4.78 is 11.4. The van der Waals surface area contributed by atoms with Crippen LogP contribution in [0.1, 0.15) is 12.5 Å². The molecule has 0 saturated carbocycles. The summed E-state index contributed by atoms with van der Waals surface area (Å²) in [5.41, 5.74) is 7.65. The van der Waals surface area contributed by atoms with Gasteiger partial charge in [-0.05, 0) is 40.5 Å². The van der Waals surface area contributed by atoms with Crippen molar-refractivity contribution < 1.29 is 14.3 Å². The van der Waals surface area contributed by atoms with Gasteiger partial charge in [0.05, 0.1) is 17.3 Å². The Morgan fingerprint density at radius 1 is 1.60 bits per heavy atom. The lowest BCUT2D eigenvalue weighted by atomic mass is 10.2. The summed E-state index contributed by atoms with van der Waals surface area (Å²) in [5, 5.41) is 12.2. The Balaban J connectivity index is 3.03. The number of nitriles is 1. The number of nitrogens with two attached hydrogens (primary N) is 1. The van der Waals surface area contributed by atoms with E-state index in [4.69, 9.17) is 20.5 Å². The summed E-state index contributed by atoms with van der Waals surface area (Å²) in [6, 6.07) is 4.52. The molecular weight excluding hydrogens is 328 g/mol. The third kappa shape index (κ3) is 4.78. The first-order valence-electron chi connectivity index (χ1n) is 5.63. The molecule has 20 heavy (non-hydrogen) atoms. The van der Waals surface area contributed by atoms with Crippen LogP contribution in [0, 0.1) is 11.3 Å². The van der Waals surface area contributed by atoms with Crippen molar-refractivity contribution in [2.45, 2.75) is 6.92 Å². The molecule has 2 amide bonds. The number of rotatable bonds is 6. The highest BCUT2D eigenvalue weighted by molar-refractivity contribution is 9.10. The van der Waals surface area contributed by atoms with Gasteiger partial charge in [0.25, 0.3) is 0 Å². The van der Waals surface area contributed by atoms with Crippen molar-refractivity contribution in [1.29, 1.82) is 5.26 Å². The Labute approximate surface area is 124 Å². The van der Waals surface area contributed by atoms with Crippen molar-refractivity contribution in [3.63, 3.8) is 0 Å². The molecule has 0 aromatic heterocycles. The second-order valence-electron chi connectivity index (χ2n) is 3.44. The largest absolute Gasteiger partial charge is 0.490 e. The van der Waals surface area contributed by atoms with Gasteiger partial charge in [0.15, 0.2) is 18.1 Å². The van der Waals surface area contributed by atoms with E-state index in [1.807, 2.05) is 13.0 Å².